The van der Waals surface area contributed by atoms with Crippen molar-refractivity contribution in [1.82, 2.24) is 5.32 Å². The number of carbonyl (C=O) groups excluding carboxylic acids is 1. The molecule has 3 N–H and O–H groups in total. The van der Waals surface area contributed by atoms with Crippen molar-refractivity contribution in [1.29, 1.82) is 0 Å². The molecule has 0 aromatic rings. The largest absolute Gasteiger partial charge is 0.472 e. The standard InChI is InChI=1S/C55H113N2O6P/c1-6-8-10-12-14-16-18-20-22-23-24-25-26-27-28-29-30-31-32-33-34-35-37-39-41-43-45-47-49-55(59)56-53(52-63-64(60,61)62-51-50-57(3,4)5)54(58)48-46-44-42-40-38-36-21-19-17-15-13-11-9-7-2/h53-54,58H,6-52H2,1-5H3,(H-,56,59,60,61)/p+1. The zero-order valence-corrected chi connectivity index (χ0v) is 44.7. The number of hydrogen-bond acceptors (Lipinski definition) is 5. The lowest BCUT2D eigenvalue weighted by molar-refractivity contribution is -0.870. The normalized spacial score (nSPS) is 13.9. The first-order valence-electron chi connectivity index (χ1n) is 28.4. The van der Waals surface area contributed by atoms with E-state index in [0.29, 0.717) is 23.9 Å². The van der Waals surface area contributed by atoms with E-state index in [1.807, 2.05) is 21.1 Å². The molecule has 8 nitrogen and oxygen atoms in total. The van der Waals surface area contributed by atoms with Gasteiger partial charge in [-0.05, 0) is 12.8 Å². The van der Waals surface area contributed by atoms with E-state index in [2.05, 4.69) is 19.2 Å². The second-order valence-corrected chi connectivity index (χ2v) is 22.5. The van der Waals surface area contributed by atoms with Gasteiger partial charge in [0, 0.05) is 6.42 Å². The summed E-state index contributed by atoms with van der Waals surface area (Å²) in [5, 5.41) is 14.0. The number of rotatable bonds is 53. The number of hydrogen-bond donors (Lipinski definition) is 3. The minimum absolute atomic E-state index is 0.0789. The Morgan fingerprint density at radius 3 is 1.05 bits per heavy atom. The van der Waals surface area contributed by atoms with Gasteiger partial charge in [0.15, 0.2) is 0 Å². The van der Waals surface area contributed by atoms with Crippen LogP contribution >= 0.6 is 7.82 Å². The van der Waals surface area contributed by atoms with Gasteiger partial charge in [-0.25, -0.2) is 4.57 Å². The molecular formula is C55H114N2O6P+. The Morgan fingerprint density at radius 1 is 0.469 bits per heavy atom. The fraction of sp³-hybridized carbons (Fsp3) is 0.982. The highest BCUT2D eigenvalue weighted by Crippen LogP contribution is 2.43. The van der Waals surface area contributed by atoms with Crippen LogP contribution in [0.15, 0.2) is 0 Å². The Balaban J connectivity index is 4.03. The Bertz CT molecular complexity index is 1010. The monoisotopic (exact) mass is 930 g/mol. The zero-order valence-electron chi connectivity index (χ0n) is 43.8. The van der Waals surface area contributed by atoms with Crippen LogP contribution in [0.5, 0.6) is 0 Å². The Kier molecular flexibility index (Phi) is 47.2. The summed E-state index contributed by atoms with van der Waals surface area (Å²) in [7, 11) is 1.63. The third kappa shape index (κ3) is 49.4. The minimum Gasteiger partial charge on any atom is -0.391 e. The van der Waals surface area contributed by atoms with Gasteiger partial charge in [0.25, 0.3) is 0 Å². The second-order valence-electron chi connectivity index (χ2n) is 21.0. The fourth-order valence-corrected chi connectivity index (χ4v) is 9.61. The minimum atomic E-state index is -4.31. The summed E-state index contributed by atoms with van der Waals surface area (Å²) in [6, 6.07) is -0.754. The van der Waals surface area contributed by atoms with Crippen molar-refractivity contribution in [3.8, 4) is 0 Å². The Hall–Kier alpha value is -0.500. The van der Waals surface area contributed by atoms with Crippen molar-refractivity contribution in [2.75, 3.05) is 40.9 Å². The van der Waals surface area contributed by atoms with Crippen molar-refractivity contribution >= 4 is 13.7 Å². The summed E-state index contributed by atoms with van der Waals surface area (Å²) in [4.78, 5) is 23.3. The molecular weight excluding hydrogens is 816 g/mol. The third-order valence-electron chi connectivity index (χ3n) is 13.4. The Morgan fingerprint density at radius 2 is 0.750 bits per heavy atom. The van der Waals surface area contributed by atoms with Gasteiger partial charge < -0.3 is 19.8 Å². The molecule has 0 aliphatic carbocycles. The molecule has 9 heteroatoms. The lowest BCUT2D eigenvalue weighted by atomic mass is 10.0. The maximum Gasteiger partial charge on any atom is 0.472 e. The first-order valence-corrected chi connectivity index (χ1v) is 29.9. The smallest absolute Gasteiger partial charge is 0.391 e. The van der Waals surface area contributed by atoms with Crippen LogP contribution in [0.4, 0.5) is 0 Å². The van der Waals surface area contributed by atoms with E-state index in [-0.39, 0.29) is 19.1 Å². The number of phosphoric ester groups is 1. The highest BCUT2D eigenvalue weighted by atomic mass is 31.2. The van der Waals surface area contributed by atoms with Gasteiger partial charge in [-0.1, -0.05) is 277 Å². The number of quaternary nitrogens is 1. The van der Waals surface area contributed by atoms with Crippen molar-refractivity contribution in [3.63, 3.8) is 0 Å². The molecule has 384 valence electrons. The molecule has 3 atom stereocenters. The van der Waals surface area contributed by atoms with Gasteiger partial charge in [-0.3, -0.25) is 13.8 Å². The lowest BCUT2D eigenvalue weighted by Gasteiger charge is -2.26. The number of unbranched alkanes of at least 4 members (excludes halogenated alkanes) is 40. The van der Waals surface area contributed by atoms with Crippen LogP contribution in [0.25, 0.3) is 0 Å². The maximum atomic E-state index is 13.0. The van der Waals surface area contributed by atoms with Crippen molar-refractivity contribution < 1.29 is 32.9 Å². The number of nitrogens with one attached hydrogen (secondary N) is 1. The third-order valence-corrected chi connectivity index (χ3v) is 14.3. The van der Waals surface area contributed by atoms with Crippen molar-refractivity contribution in [3.05, 3.63) is 0 Å². The van der Waals surface area contributed by atoms with E-state index in [1.165, 1.54) is 231 Å². The molecule has 0 saturated heterocycles. The van der Waals surface area contributed by atoms with Gasteiger partial charge in [-0.15, -0.1) is 0 Å². The molecule has 0 aliphatic rings. The molecule has 0 saturated carbocycles. The average molecular weight is 930 g/mol. The average Bonchev–Trinajstić information content (AvgIpc) is 3.25. The fourth-order valence-electron chi connectivity index (χ4n) is 8.87. The first-order chi connectivity index (χ1) is 31.0. The highest BCUT2D eigenvalue weighted by Gasteiger charge is 2.28. The van der Waals surface area contributed by atoms with E-state index in [0.717, 1.165) is 38.5 Å². The molecule has 0 radical (unpaired) electrons. The Labute approximate surface area is 399 Å². The highest BCUT2D eigenvalue weighted by molar-refractivity contribution is 7.47. The van der Waals surface area contributed by atoms with Crippen LogP contribution in [0.2, 0.25) is 0 Å². The second kappa shape index (κ2) is 47.6. The number of carbonyl (C=O) groups is 1. The van der Waals surface area contributed by atoms with Crippen LogP contribution in [-0.2, 0) is 18.4 Å². The molecule has 0 spiro atoms. The molecule has 0 heterocycles. The topological polar surface area (TPSA) is 105 Å². The van der Waals surface area contributed by atoms with Crippen molar-refractivity contribution in [2.45, 2.75) is 309 Å². The van der Waals surface area contributed by atoms with Gasteiger partial charge in [0.05, 0.1) is 39.9 Å². The summed E-state index contributed by atoms with van der Waals surface area (Å²) >= 11 is 0. The molecule has 3 unspecified atom stereocenters. The molecule has 1 amide bonds. The summed E-state index contributed by atoms with van der Waals surface area (Å²) in [5.74, 6) is -0.137. The van der Waals surface area contributed by atoms with Crippen LogP contribution < -0.4 is 5.32 Å². The van der Waals surface area contributed by atoms with Crippen LogP contribution in [-0.4, -0.2) is 73.4 Å². The predicted octanol–water partition coefficient (Wildman–Crippen LogP) is 16.9. The van der Waals surface area contributed by atoms with Gasteiger partial charge >= 0.3 is 7.82 Å². The van der Waals surface area contributed by atoms with Crippen LogP contribution in [0, 0.1) is 0 Å². The molecule has 64 heavy (non-hydrogen) atoms. The maximum absolute atomic E-state index is 13.0. The number of aliphatic hydroxyl groups is 1. The van der Waals surface area contributed by atoms with E-state index in [4.69, 9.17) is 9.05 Å². The van der Waals surface area contributed by atoms with Gasteiger partial charge in [-0.2, -0.15) is 0 Å². The molecule has 0 fully saturated rings. The SMILES string of the molecule is CCCCCCCCCCCCCCCCCCCCCCCCCCCCCCC(=O)NC(COP(=O)(O)OCC[N+](C)(C)C)C(O)CCCCCCCCCCCCCCCC. The lowest BCUT2D eigenvalue weighted by Crippen LogP contribution is -2.46. The molecule has 0 aliphatic heterocycles. The summed E-state index contributed by atoms with van der Waals surface area (Å²) in [5.41, 5.74) is 0. The first kappa shape index (κ1) is 63.5. The number of aliphatic hydroxyl groups excluding tert-OH is 1. The quantitative estimate of drug-likeness (QED) is 0.0319. The van der Waals surface area contributed by atoms with Crippen molar-refractivity contribution in [2.24, 2.45) is 0 Å². The summed E-state index contributed by atoms with van der Waals surface area (Å²) in [6.45, 7) is 4.93. The molecule has 0 aromatic heterocycles. The number of nitrogens with zero attached hydrogens (tertiary/aromatic N) is 1. The predicted molar refractivity (Wildman–Crippen MR) is 277 cm³/mol. The summed E-state index contributed by atoms with van der Waals surface area (Å²) in [6.07, 6.45) is 55.9. The number of amides is 1. The zero-order chi connectivity index (χ0) is 47.1. The molecule has 0 aromatic carbocycles. The van der Waals surface area contributed by atoms with E-state index in [1.54, 1.807) is 0 Å². The van der Waals surface area contributed by atoms with E-state index in [9.17, 15) is 19.4 Å². The van der Waals surface area contributed by atoms with E-state index < -0.39 is 20.0 Å². The number of phosphoric acid groups is 1. The van der Waals surface area contributed by atoms with Crippen LogP contribution in [0.3, 0.4) is 0 Å². The summed E-state index contributed by atoms with van der Waals surface area (Å²) < 4.78 is 23.7. The molecule has 0 bridgehead atoms. The van der Waals surface area contributed by atoms with Gasteiger partial charge in [0.2, 0.25) is 5.91 Å². The number of likely N-dealkylation sites (N-methyl/N-ethyl adjacent to an activating group) is 1. The van der Waals surface area contributed by atoms with Gasteiger partial charge in [0.1, 0.15) is 13.2 Å². The van der Waals surface area contributed by atoms with Crippen LogP contribution in [0.1, 0.15) is 296 Å². The molecule has 0 rings (SSSR count). The van der Waals surface area contributed by atoms with E-state index >= 15 is 0 Å².